The number of amides is 1. The number of carboxylic acid groups (broad SMARTS) is 1. The summed E-state index contributed by atoms with van der Waals surface area (Å²) in [6.45, 7) is -0.496. The summed E-state index contributed by atoms with van der Waals surface area (Å²) in [6.07, 6.45) is 2.97. The lowest BCUT2D eigenvalue weighted by Crippen LogP contribution is -2.33. The third kappa shape index (κ3) is 4.93. The van der Waals surface area contributed by atoms with Crippen LogP contribution in [0.2, 0.25) is 0 Å². The minimum absolute atomic E-state index is 0.308. The van der Waals surface area contributed by atoms with Gasteiger partial charge in [-0.1, -0.05) is 42.1 Å². The van der Waals surface area contributed by atoms with Crippen molar-refractivity contribution in [3.63, 3.8) is 0 Å². The van der Waals surface area contributed by atoms with Crippen molar-refractivity contribution >= 4 is 28.8 Å². The predicted molar refractivity (Wildman–Crippen MR) is 86.0 cm³/mol. The van der Waals surface area contributed by atoms with Gasteiger partial charge >= 0.3 is 5.97 Å². The number of rotatable bonds is 6. The Morgan fingerprint density at radius 3 is 2.48 bits per heavy atom. The number of carbonyl (C=O) groups is 3. The first-order chi connectivity index (χ1) is 11.1. The minimum atomic E-state index is -1.14. The van der Waals surface area contributed by atoms with Crippen LogP contribution in [0.1, 0.15) is 21.2 Å². The van der Waals surface area contributed by atoms with Gasteiger partial charge < -0.3 is 10.4 Å². The number of benzene rings is 1. The van der Waals surface area contributed by atoms with Crippen molar-refractivity contribution in [1.29, 1.82) is 0 Å². The van der Waals surface area contributed by atoms with Crippen LogP contribution in [0.3, 0.4) is 0 Å². The van der Waals surface area contributed by atoms with Gasteiger partial charge in [0, 0.05) is 18.0 Å². The molecule has 2 aromatic rings. The fourth-order valence-electron chi connectivity index (χ4n) is 1.81. The summed E-state index contributed by atoms with van der Waals surface area (Å²) in [7, 11) is 0. The molecule has 7 heteroatoms. The third-order valence-electron chi connectivity index (χ3n) is 2.88. The molecule has 0 saturated heterocycles. The van der Waals surface area contributed by atoms with Gasteiger partial charge in [0.05, 0.1) is 0 Å². The van der Waals surface area contributed by atoms with E-state index in [2.05, 4.69) is 10.3 Å². The summed E-state index contributed by atoms with van der Waals surface area (Å²) in [6, 6.07) is 12.0. The Balaban J connectivity index is 2.18. The average molecular weight is 330 g/mol. The zero-order valence-electron chi connectivity index (χ0n) is 12.0. The third-order valence-corrected chi connectivity index (χ3v) is 4.05. The number of carbonyl (C=O) groups excluding carboxylic acids is 2. The van der Waals surface area contributed by atoms with Gasteiger partial charge in [-0.15, -0.1) is 0 Å². The number of carboxylic acids is 1. The SMILES string of the molecule is O=C(O)CNC(=O)C(SC(=O)c1cccnc1)c1ccccc1. The Morgan fingerprint density at radius 1 is 1.13 bits per heavy atom. The number of nitrogens with one attached hydrogen (secondary N) is 1. The zero-order chi connectivity index (χ0) is 16.7. The summed E-state index contributed by atoms with van der Waals surface area (Å²) >= 11 is 0.827. The zero-order valence-corrected chi connectivity index (χ0v) is 12.8. The average Bonchev–Trinajstić information content (AvgIpc) is 2.59. The molecule has 1 amide bonds. The molecular formula is C16H14N2O4S. The molecule has 0 saturated carbocycles. The molecule has 2 N–H and O–H groups in total. The van der Waals surface area contributed by atoms with Gasteiger partial charge in [0.2, 0.25) is 11.0 Å². The monoisotopic (exact) mass is 330 g/mol. The van der Waals surface area contributed by atoms with Crippen LogP contribution in [0.4, 0.5) is 0 Å². The molecule has 1 atom stereocenters. The van der Waals surface area contributed by atoms with E-state index in [0.29, 0.717) is 11.1 Å². The van der Waals surface area contributed by atoms with Crippen LogP contribution in [0, 0.1) is 0 Å². The Kier molecular flexibility index (Phi) is 5.87. The molecule has 23 heavy (non-hydrogen) atoms. The highest BCUT2D eigenvalue weighted by Crippen LogP contribution is 2.31. The van der Waals surface area contributed by atoms with Crippen LogP contribution in [0.25, 0.3) is 0 Å². The van der Waals surface area contributed by atoms with Gasteiger partial charge in [0.25, 0.3) is 0 Å². The number of thioether (sulfide) groups is 1. The standard InChI is InChI=1S/C16H14N2O4S/c19-13(20)10-18-15(21)14(11-5-2-1-3-6-11)23-16(22)12-7-4-8-17-9-12/h1-9,14H,10H2,(H,18,21)(H,19,20). The minimum Gasteiger partial charge on any atom is -0.480 e. The second-order valence-corrected chi connectivity index (χ2v) is 5.63. The molecule has 118 valence electrons. The molecular weight excluding hydrogens is 316 g/mol. The van der Waals surface area contributed by atoms with E-state index in [0.717, 1.165) is 11.8 Å². The van der Waals surface area contributed by atoms with E-state index in [4.69, 9.17) is 5.11 Å². The Hall–Kier alpha value is -2.67. The van der Waals surface area contributed by atoms with Gasteiger partial charge in [0.1, 0.15) is 11.8 Å². The number of aromatic nitrogens is 1. The summed E-state index contributed by atoms with van der Waals surface area (Å²) in [5.41, 5.74) is 1.00. The first-order valence-electron chi connectivity index (χ1n) is 6.73. The van der Waals surface area contributed by atoms with Gasteiger partial charge in [0.15, 0.2) is 0 Å². The predicted octanol–water partition coefficient (Wildman–Crippen LogP) is 1.90. The second kappa shape index (κ2) is 8.09. The van der Waals surface area contributed by atoms with Gasteiger partial charge in [-0.05, 0) is 17.7 Å². The highest BCUT2D eigenvalue weighted by atomic mass is 32.2. The first-order valence-corrected chi connectivity index (χ1v) is 7.61. The normalized spacial score (nSPS) is 11.5. The Labute approximate surface area is 136 Å². The number of aliphatic carboxylic acids is 1. The smallest absolute Gasteiger partial charge is 0.322 e. The summed E-state index contributed by atoms with van der Waals surface area (Å²) < 4.78 is 0. The maximum absolute atomic E-state index is 12.3. The lowest BCUT2D eigenvalue weighted by atomic mass is 10.1. The van der Waals surface area contributed by atoms with Crippen LogP contribution < -0.4 is 5.32 Å². The molecule has 1 heterocycles. The molecule has 0 radical (unpaired) electrons. The van der Waals surface area contributed by atoms with E-state index in [-0.39, 0.29) is 5.12 Å². The summed E-state index contributed by atoms with van der Waals surface area (Å²) in [4.78, 5) is 39.0. The van der Waals surface area contributed by atoms with E-state index in [1.807, 2.05) is 0 Å². The van der Waals surface area contributed by atoms with E-state index in [1.54, 1.807) is 48.7 Å². The van der Waals surface area contributed by atoms with Crippen LogP contribution in [0.15, 0.2) is 54.9 Å². The first kappa shape index (κ1) is 16.7. The number of hydrogen-bond acceptors (Lipinski definition) is 5. The maximum atomic E-state index is 12.3. The highest BCUT2D eigenvalue weighted by molar-refractivity contribution is 8.14. The van der Waals surface area contributed by atoms with Crippen LogP contribution >= 0.6 is 11.8 Å². The topological polar surface area (TPSA) is 96.4 Å². The molecule has 0 aliphatic heterocycles. The molecule has 0 fully saturated rings. The second-order valence-electron chi connectivity index (χ2n) is 4.55. The van der Waals surface area contributed by atoms with E-state index in [9.17, 15) is 14.4 Å². The number of pyridine rings is 1. The largest absolute Gasteiger partial charge is 0.480 e. The van der Waals surface area contributed by atoms with Crippen molar-refractivity contribution in [2.24, 2.45) is 0 Å². The quantitative estimate of drug-likeness (QED) is 0.840. The fraction of sp³-hybridized carbons (Fsp3) is 0.125. The number of hydrogen-bond donors (Lipinski definition) is 2. The van der Waals surface area contributed by atoms with Gasteiger partial charge in [-0.25, -0.2) is 0 Å². The van der Waals surface area contributed by atoms with Gasteiger partial charge in [-0.3, -0.25) is 19.4 Å². The van der Waals surface area contributed by atoms with E-state index < -0.39 is 23.7 Å². The Morgan fingerprint density at radius 2 is 1.87 bits per heavy atom. The summed E-state index contributed by atoms with van der Waals surface area (Å²) in [5, 5.41) is 9.85. The summed E-state index contributed by atoms with van der Waals surface area (Å²) in [5.74, 6) is -1.67. The van der Waals surface area contributed by atoms with Crippen LogP contribution in [0.5, 0.6) is 0 Å². The molecule has 1 aromatic carbocycles. The molecule has 2 rings (SSSR count). The van der Waals surface area contributed by atoms with Crippen molar-refractivity contribution in [3.05, 3.63) is 66.0 Å². The molecule has 1 aromatic heterocycles. The lowest BCUT2D eigenvalue weighted by molar-refractivity contribution is -0.137. The van der Waals surface area contributed by atoms with Crippen molar-refractivity contribution in [2.45, 2.75) is 5.25 Å². The van der Waals surface area contributed by atoms with E-state index >= 15 is 0 Å². The van der Waals surface area contributed by atoms with Crippen molar-refractivity contribution in [2.75, 3.05) is 6.54 Å². The van der Waals surface area contributed by atoms with E-state index in [1.165, 1.54) is 6.20 Å². The maximum Gasteiger partial charge on any atom is 0.322 e. The van der Waals surface area contributed by atoms with Gasteiger partial charge in [-0.2, -0.15) is 0 Å². The molecule has 0 aliphatic rings. The van der Waals surface area contributed by atoms with Crippen molar-refractivity contribution in [1.82, 2.24) is 10.3 Å². The Bertz CT molecular complexity index is 692. The van der Waals surface area contributed by atoms with Crippen LogP contribution in [-0.4, -0.2) is 33.6 Å². The molecule has 1 unspecified atom stereocenters. The fourth-order valence-corrected chi connectivity index (χ4v) is 2.77. The highest BCUT2D eigenvalue weighted by Gasteiger charge is 2.25. The van der Waals surface area contributed by atoms with Crippen LogP contribution in [-0.2, 0) is 9.59 Å². The molecule has 0 aliphatic carbocycles. The number of nitrogens with zero attached hydrogens (tertiary/aromatic N) is 1. The lowest BCUT2D eigenvalue weighted by Gasteiger charge is -2.15. The molecule has 0 spiro atoms. The van der Waals surface area contributed by atoms with Crippen molar-refractivity contribution in [3.8, 4) is 0 Å². The van der Waals surface area contributed by atoms with Crippen molar-refractivity contribution < 1.29 is 19.5 Å². The molecule has 0 bridgehead atoms. The molecule has 6 nitrogen and oxygen atoms in total.